The first-order chi connectivity index (χ1) is 4.18. The van der Waals surface area contributed by atoms with Gasteiger partial charge in [0, 0.05) is 6.42 Å². The SMILES string of the molecule is O=C1C=C([O-])CC(O)C1. The van der Waals surface area contributed by atoms with Crippen molar-refractivity contribution in [2.75, 3.05) is 0 Å². The van der Waals surface area contributed by atoms with Crippen LogP contribution in [0.3, 0.4) is 0 Å². The first-order valence-electron chi connectivity index (χ1n) is 2.77. The van der Waals surface area contributed by atoms with E-state index in [1.54, 1.807) is 0 Å². The van der Waals surface area contributed by atoms with E-state index in [1.165, 1.54) is 0 Å². The van der Waals surface area contributed by atoms with Crippen molar-refractivity contribution in [1.82, 2.24) is 0 Å². The lowest BCUT2D eigenvalue weighted by molar-refractivity contribution is -0.310. The molecule has 1 N–H and O–H groups in total. The average molecular weight is 127 g/mol. The van der Waals surface area contributed by atoms with Gasteiger partial charge in [0.1, 0.15) is 0 Å². The van der Waals surface area contributed by atoms with Crippen LogP contribution in [-0.4, -0.2) is 17.0 Å². The minimum Gasteiger partial charge on any atom is -0.875 e. The third-order valence-electron chi connectivity index (χ3n) is 1.20. The highest BCUT2D eigenvalue weighted by Gasteiger charge is 2.12. The van der Waals surface area contributed by atoms with E-state index < -0.39 is 6.10 Å². The van der Waals surface area contributed by atoms with E-state index in [0.717, 1.165) is 6.08 Å². The molecule has 0 aromatic heterocycles. The first kappa shape index (κ1) is 6.29. The van der Waals surface area contributed by atoms with E-state index in [4.69, 9.17) is 5.11 Å². The summed E-state index contributed by atoms with van der Waals surface area (Å²) in [6, 6.07) is 0. The third kappa shape index (κ3) is 1.54. The molecule has 0 spiro atoms. The molecule has 0 saturated heterocycles. The van der Waals surface area contributed by atoms with Crippen LogP contribution in [0.15, 0.2) is 11.8 Å². The lowest BCUT2D eigenvalue weighted by Crippen LogP contribution is -2.23. The highest BCUT2D eigenvalue weighted by Crippen LogP contribution is 2.10. The van der Waals surface area contributed by atoms with Gasteiger partial charge in [-0.3, -0.25) is 4.79 Å². The fourth-order valence-electron chi connectivity index (χ4n) is 0.834. The molecule has 0 radical (unpaired) electrons. The summed E-state index contributed by atoms with van der Waals surface area (Å²) in [5, 5.41) is 19.2. The Balaban J connectivity index is 2.67. The maximum atomic E-state index is 10.4. The zero-order valence-corrected chi connectivity index (χ0v) is 4.83. The number of ketones is 1. The topological polar surface area (TPSA) is 60.4 Å². The van der Waals surface area contributed by atoms with Crippen molar-refractivity contribution in [3.05, 3.63) is 11.8 Å². The molecule has 0 saturated carbocycles. The molecule has 0 fully saturated rings. The van der Waals surface area contributed by atoms with E-state index in [1.807, 2.05) is 0 Å². The van der Waals surface area contributed by atoms with Crippen LogP contribution in [0.1, 0.15) is 12.8 Å². The summed E-state index contributed by atoms with van der Waals surface area (Å²) < 4.78 is 0. The van der Waals surface area contributed by atoms with Gasteiger partial charge in [-0.25, -0.2) is 0 Å². The molecule has 1 atom stereocenters. The van der Waals surface area contributed by atoms with Gasteiger partial charge in [-0.05, 0) is 12.5 Å². The van der Waals surface area contributed by atoms with Crippen LogP contribution in [0.5, 0.6) is 0 Å². The lowest BCUT2D eigenvalue weighted by Gasteiger charge is -2.20. The van der Waals surface area contributed by atoms with Gasteiger partial charge in [0.2, 0.25) is 0 Å². The highest BCUT2D eigenvalue weighted by molar-refractivity contribution is 5.91. The summed E-state index contributed by atoms with van der Waals surface area (Å²) in [6.45, 7) is 0. The van der Waals surface area contributed by atoms with E-state index in [0.29, 0.717) is 0 Å². The maximum absolute atomic E-state index is 10.4. The van der Waals surface area contributed by atoms with Gasteiger partial charge in [-0.15, -0.1) is 5.76 Å². The summed E-state index contributed by atoms with van der Waals surface area (Å²) >= 11 is 0. The Hall–Kier alpha value is -0.830. The van der Waals surface area contributed by atoms with Crippen molar-refractivity contribution in [1.29, 1.82) is 0 Å². The smallest absolute Gasteiger partial charge is 0.157 e. The zero-order valence-electron chi connectivity index (χ0n) is 4.83. The van der Waals surface area contributed by atoms with E-state index in [2.05, 4.69) is 0 Å². The molecule has 0 aromatic carbocycles. The summed E-state index contributed by atoms with van der Waals surface area (Å²) in [5.41, 5.74) is 0. The predicted molar refractivity (Wildman–Crippen MR) is 28.3 cm³/mol. The quantitative estimate of drug-likeness (QED) is 0.452. The van der Waals surface area contributed by atoms with Gasteiger partial charge in [0.25, 0.3) is 0 Å². The normalized spacial score (nSPS) is 27.9. The van der Waals surface area contributed by atoms with Crippen LogP contribution in [0.4, 0.5) is 0 Å². The van der Waals surface area contributed by atoms with Crippen molar-refractivity contribution in [3.63, 3.8) is 0 Å². The number of aliphatic hydroxyl groups excluding tert-OH is 1. The average Bonchev–Trinajstić information content (AvgIpc) is 1.59. The molecule has 0 aromatic rings. The summed E-state index contributed by atoms with van der Waals surface area (Å²) in [4.78, 5) is 10.4. The number of hydrogen-bond acceptors (Lipinski definition) is 3. The minimum atomic E-state index is -0.741. The molecule has 1 aliphatic carbocycles. The number of aliphatic hydroxyl groups is 1. The maximum Gasteiger partial charge on any atom is 0.157 e. The molecule has 0 amide bonds. The molecule has 1 unspecified atom stereocenters. The summed E-state index contributed by atoms with van der Waals surface area (Å²) in [6.07, 6.45) is 0.513. The van der Waals surface area contributed by atoms with Gasteiger partial charge in [0.05, 0.1) is 6.10 Å². The second-order valence-electron chi connectivity index (χ2n) is 2.14. The van der Waals surface area contributed by atoms with Crippen LogP contribution >= 0.6 is 0 Å². The van der Waals surface area contributed by atoms with Crippen LogP contribution in [-0.2, 0) is 4.79 Å². The molecule has 3 heteroatoms. The van der Waals surface area contributed by atoms with Gasteiger partial charge in [0.15, 0.2) is 5.78 Å². The molecule has 0 bridgehead atoms. The molecule has 0 heterocycles. The third-order valence-corrected chi connectivity index (χ3v) is 1.20. The Morgan fingerprint density at radius 3 is 2.78 bits per heavy atom. The van der Waals surface area contributed by atoms with Crippen molar-refractivity contribution in [3.8, 4) is 0 Å². The second-order valence-corrected chi connectivity index (χ2v) is 2.14. The van der Waals surface area contributed by atoms with Gasteiger partial charge >= 0.3 is 0 Å². The minimum absolute atomic E-state index is 0.103. The molecule has 0 aliphatic heterocycles. The van der Waals surface area contributed by atoms with Crippen molar-refractivity contribution in [2.45, 2.75) is 18.9 Å². The molecule has 3 nitrogen and oxygen atoms in total. The number of rotatable bonds is 0. The Labute approximate surface area is 52.6 Å². The standard InChI is InChI=1S/C6H8O3/c7-4-1-5(8)3-6(9)2-4/h1,6-7,9H,2-3H2/p-1. The first-order valence-corrected chi connectivity index (χ1v) is 2.77. The lowest BCUT2D eigenvalue weighted by atomic mass is 10.0. The Kier molecular flexibility index (Phi) is 1.53. The van der Waals surface area contributed by atoms with Crippen LogP contribution < -0.4 is 5.11 Å². The number of carbonyl (C=O) groups is 1. The fraction of sp³-hybridized carbons (Fsp3) is 0.500. The fourth-order valence-corrected chi connectivity index (χ4v) is 0.834. The summed E-state index contributed by atoms with van der Waals surface area (Å²) in [5.74, 6) is -0.530. The Morgan fingerprint density at radius 2 is 2.33 bits per heavy atom. The number of carbonyl (C=O) groups excluding carboxylic acids is 1. The molecule has 1 aliphatic rings. The second kappa shape index (κ2) is 2.19. The van der Waals surface area contributed by atoms with Crippen molar-refractivity contribution < 1.29 is 15.0 Å². The molecule has 1 rings (SSSR count). The van der Waals surface area contributed by atoms with Crippen LogP contribution in [0.2, 0.25) is 0 Å². The predicted octanol–water partition coefficient (Wildman–Crippen LogP) is -1.05. The van der Waals surface area contributed by atoms with Crippen LogP contribution in [0, 0.1) is 0 Å². The van der Waals surface area contributed by atoms with Gasteiger partial charge in [-0.1, -0.05) is 0 Å². The summed E-state index contributed by atoms with van der Waals surface area (Å²) in [7, 11) is 0. The monoisotopic (exact) mass is 127 g/mol. The number of hydrogen-bond donors (Lipinski definition) is 1. The van der Waals surface area contributed by atoms with Gasteiger partial charge in [-0.2, -0.15) is 0 Å². The van der Waals surface area contributed by atoms with Crippen LogP contribution in [0.25, 0.3) is 0 Å². The molecule has 50 valence electrons. The molecule has 9 heavy (non-hydrogen) atoms. The van der Waals surface area contributed by atoms with E-state index in [9.17, 15) is 9.90 Å². The zero-order chi connectivity index (χ0) is 6.85. The Bertz CT molecular complexity index is 160. The van der Waals surface area contributed by atoms with E-state index >= 15 is 0 Å². The molecular formula is C6H7O3-. The van der Waals surface area contributed by atoms with Crippen molar-refractivity contribution in [2.24, 2.45) is 0 Å². The van der Waals surface area contributed by atoms with Crippen molar-refractivity contribution >= 4 is 5.78 Å². The highest BCUT2D eigenvalue weighted by atomic mass is 16.3. The number of allylic oxidation sites excluding steroid dienone is 1. The largest absolute Gasteiger partial charge is 0.875 e. The molecular weight excluding hydrogens is 120 g/mol. The van der Waals surface area contributed by atoms with Gasteiger partial charge < -0.3 is 10.2 Å². The van der Waals surface area contributed by atoms with E-state index in [-0.39, 0.29) is 24.4 Å². The Morgan fingerprint density at radius 1 is 1.67 bits per heavy atom.